The van der Waals surface area contributed by atoms with E-state index in [0.29, 0.717) is 13.2 Å². The molecule has 0 fully saturated rings. The van der Waals surface area contributed by atoms with Crippen LogP contribution in [0.5, 0.6) is 0 Å². The first-order chi connectivity index (χ1) is 5.42. The van der Waals surface area contributed by atoms with Crippen LogP contribution in [-0.4, -0.2) is 31.3 Å². The molecule has 4 heteroatoms. The average molecular weight is 174 g/mol. The van der Waals surface area contributed by atoms with Crippen LogP contribution in [-0.2, 0) is 9.47 Å². The van der Waals surface area contributed by atoms with Gasteiger partial charge in [0.2, 0.25) is 0 Å². The molecule has 0 aliphatic heterocycles. The number of ether oxygens (including phenoxy) is 2. The zero-order valence-corrected chi connectivity index (χ0v) is 8.02. The quantitative estimate of drug-likeness (QED) is 0.367. The molecule has 0 aliphatic rings. The predicted molar refractivity (Wildman–Crippen MR) is 48.4 cm³/mol. The van der Waals surface area contributed by atoms with E-state index in [2.05, 4.69) is 0 Å². The molecule has 0 unspecified atom stereocenters. The lowest BCUT2D eigenvalue weighted by Gasteiger charge is -2.19. The van der Waals surface area contributed by atoms with Crippen molar-refractivity contribution in [3.63, 3.8) is 0 Å². The third-order valence-corrected chi connectivity index (χ3v) is 1.02. The minimum absolute atomic E-state index is 0.0470. The van der Waals surface area contributed by atoms with Crippen LogP contribution in [0, 0.1) is 5.41 Å². The third-order valence-electron chi connectivity index (χ3n) is 1.02. The molecule has 0 amide bonds. The summed E-state index contributed by atoms with van der Waals surface area (Å²) in [5.41, 5.74) is 4.95. The molecule has 0 bridgehead atoms. The van der Waals surface area contributed by atoms with Crippen LogP contribution in [0.2, 0.25) is 0 Å². The molecule has 72 valence electrons. The SMILES string of the molecule is CC(C)(C)OCCOCC(=N)N. The van der Waals surface area contributed by atoms with Crippen LogP contribution in [0.1, 0.15) is 20.8 Å². The first-order valence-corrected chi connectivity index (χ1v) is 3.96. The van der Waals surface area contributed by atoms with Crippen molar-refractivity contribution in [1.82, 2.24) is 0 Å². The van der Waals surface area contributed by atoms with Gasteiger partial charge in [0, 0.05) is 0 Å². The Labute approximate surface area is 73.5 Å². The number of rotatable bonds is 5. The maximum absolute atomic E-state index is 6.86. The Hall–Kier alpha value is -0.610. The van der Waals surface area contributed by atoms with Crippen molar-refractivity contribution in [1.29, 1.82) is 5.41 Å². The lowest BCUT2D eigenvalue weighted by atomic mass is 10.2. The third kappa shape index (κ3) is 9.39. The van der Waals surface area contributed by atoms with Gasteiger partial charge in [0.05, 0.1) is 18.8 Å². The molecule has 0 heterocycles. The van der Waals surface area contributed by atoms with Gasteiger partial charge in [0.15, 0.2) is 0 Å². The summed E-state index contributed by atoms with van der Waals surface area (Å²) in [7, 11) is 0. The van der Waals surface area contributed by atoms with Crippen LogP contribution < -0.4 is 5.73 Å². The molecule has 0 atom stereocenters. The number of hydrogen-bond acceptors (Lipinski definition) is 3. The van der Waals surface area contributed by atoms with Crippen LogP contribution in [0.25, 0.3) is 0 Å². The fourth-order valence-corrected chi connectivity index (χ4v) is 0.589. The Morgan fingerprint density at radius 1 is 1.33 bits per heavy atom. The monoisotopic (exact) mass is 174 g/mol. The smallest absolute Gasteiger partial charge is 0.117 e. The van der Waals surface area contributed by atoms with Crippen LogP contribution in [0.4, 0.5) is 0 Å². The van der Waals surface area contributed by atoms with Crippen molar-refractivity contribution in [2.45, 2.75) is 26.4 Å². The maximum atomic E-state index is 6.86. The normalized spacial score (nSPS) is 11.6. The van der Waals surface area contributed by atoms with E-state index in [1.54, 1.807) is 0 Å². The van der Waals surface area contributed by atoms with E-state index in [9.17, 15) is 0 Å². The van der Waals surface area contributed by atoms with Gasteiger partial charge < -0.3 is 15.2 Å². The Kier molecular flexibility index (Phi) is 4.85. The van der Waals surface area contributed by atoms with Crippen LogP contribution in [0.3, 0.4) is 0 Å². The second-order valence-corrected chi connectivity index (χ2v) is 3.54. The van der Waals surface area contributed by atoms with E-state index in [1.165, 1.54) is 0 Å². The van der Waals surface area contributed by atoms with E-state index >= 15 is 0 Å². The summed E-state index contributed by atoms with van der Waals surface area (Å²) in [6, 6.07) is 0. The second kappa shape index (κ2) is 5.11. The van der Waals surface area contributed by atoms with E-state index in [4.69, 9.17) is 20.6 Å². The zero-order chi connectivity index (χ0) is 9.61. The highest BCUT2D eigenvalue weighted by atomic mass is 16.5. The highest BCUT2D eigenvalue weighted by Gasteiger charge is 2.08. The molecule has 0 saturated carbocycles. The van der Waals surface area contributed by atoms with Crippen molar-refractivity contribution >= 4 is 5.84 Å². The predicted octanol–water partition coefficient (Wildman–Crippen LogP) is 0.754. The molecule has 12 heavy (non-hydrogen) atoms. The standard InChI is InChI=1S/C8H18N2O2/c1-8(2,3)12-5-4-11-6-7(9)10/h4-6H2,1-3H3,(H3,9,10). The van der Waals surface area contributed by atoms with Gasteiger partial charge in [-0.05, 0) is 20.8 Å². The number of amidine groups is 1. The zero-order valence-electron chi connectivity index (χ0n) is 8.02. The molecule has 0 aliphatic carbocycles. The molecule has 4 nitrogen and oxygen atoms in total. The highest BCUT2D eigenvalue weighted by Crippen LogP contribution is 2.05. The molecule has 0 aromatic carbocycles. The maximum Gasteiger partial charge on any atom is 0.117 e. The molecule has 3 N–H and O–H groups in total. The van der Waals surface area contributed by atoms with Crippen molar-refractivity contribution in [2.75, 3.05) is 19.8 Å². The summed E-state index contributed by atoms with van der Waals surface area (Å²) in [5.74, 6) is 0.0470. The van der Waals surface area contributed by atoms with Gasteiger partial charge in [0.1, 0.15) is 12.4 Å². The number of nitrogens with two attached hydrogens (primary N) is 1. The topological polar surface area (TPSA) is 68.3 Å². The first kappa shape index (κ1) is 11.4. The van der Waals surface area contributed by atoms with Gasteiger partial charge in [-0.15, -0.1) is 0 Å². The summed E-state index contributed by atoms with van der Waals surface area (Å²) >= 11 is 0. The molecule has 0 saturated heterocycles. The van der Waals surface area contributed by atoms with Gasteiger partial charge in [-0.1, -0.05) is 0 Å². The van der Waals surface area contributed by atoms with E-state index < -0.39 is 0 Å². The van der Waals surface area contributed by atoms with E-state index in [-0.39, 0.29) is 18.0 Å². The lowest BCUT2D eigenvalue weighted by molar-refractivity contribution is -0.0302. The van der Waals surface area contributed by atoms with Gasteiger partial charge in [-0.3, -0.25) is 5.41 Å². The summed E-state index contributed by atoms with van der Waals surface area (Å²) in [6.07, 6.45) is 0. The molecular formula is C8H18N2O2. The Morgan fingerprint density at radius 2 is 1.92 bits per heavy atom. The first-order valence-electron chi connectivity index (χ1n) is 3.96. The number of hydrogen-bond donors (Lipinski definition) is 2. The summed E-state index contributed by atoms with van der Waals surface area (Å²) < 4.78 is 10.4. The Morgan fingerprint density at radius 3 is 2.33 bits per heavy atom. The van der Waals surface area contributed by atoms with Gasteiger partial charge in [-0.25, -0.2) is 0 Å². The van der Waals surface area contributed by atoms with E-state index in [0.717, 1.165) is 0 Å². The fourth-order valence-electron chi connectivity index (χ4n) is 0.589. The largest absolute Gasteiger partial charge is 0.386 e. The summed E-state index contributed by atoms with van der Waals surface area (Å²) in [5, 5.41) is 6.86. The van der Waals surface area contributed by atoms with E-state index in [1.807, 2.05) is 20.8 Å². The molecule has 0 radical (unpaired) electrons. The molecular weight excluding hydrogens is 156 g/mol. The molecule has 0 aromatic heterocycles. The molecule has 0 spiro atoms. The van der Waals surface area contributed by atoms with Gasteiger partial charge in [0.25, 0.3) is 0 Å². The fraction of sp³-hybridized carbons (Fsp3) is 0.875. The van der Waals surface area contributed by atoms with Crippen LogP contribution >= 0.6 is 0 Å². The van der Waals surface area contributed by atoms with Crippen molar-refractivity contribution in [2.24, 2.45) is 5.73 Å². The minimum Gasteiger partial charge on any atom is -0.386 e. The molecule has 0 rings (SSSR count). The Balaban J connectivity index is 3.17. The van der Waals surface area contributed by atoms with Crippen LogP contribution in [0.15, 0.2) is 0 Å². The van der Waals surface area contributed by atoms with Crippen molar-refractivity contribution < 1.29 is 9.47 Å². The number of nitrogens with one attached hydrogen (secondary N) is 1. The molecule has 0 aromatic rings. The highest BCUT2D eigenvalue weighted by molar-refractivity contribution is 5.78. The van der Waals surface area contributed by atoms with Crippen molar-refractivity contribution in [3.05, 3.63) is 0 Å². The average Bonchev–Trinajstić information content (AvgIpc) is 1.83. The van der Waals surface area contributed by atoms with Gasteiger partial charge in [-0.2, -0.15) is 0 Å². The minimum atomic E-state index is -0.125. The van der Waals surface area contributed by atoms with Gasteiger partial charge >= 0.3 is 0 Å². The summed E-state index contributed by atoms with van der Waals surface area (Å²) in [6.45, 7) is 7.16. The lowest BCUT2D eigenvalue weighted by Crippen LogP contribution is -2.23. The second-order valence-electron chi connectivity index (χ2n) is 3.54. The summed E-state index contributed by atoms with van der Waals surface area (Å²) in [4.78, 5) is 0. The van der Waals surface area contributed by atoms with Crippen molar-refractivity contribution in [3.8, 4) is 0 Å². The Bertz CT molecular complexity index is 140.